The Morgan fingerprint density at radius 2 is 2.37 bits per heavy atom. The third kappa shape index (κ3) is 4.90. The summed E-state index contributed by atoms with van der Waals surface area (Å²) in [6.07, 6.45) is 2.17. The van der Waals surface area contributed by atoms with Crippen molar-refractivity contribution in [1.82, 2.24) is 5.32 Å². The van der Waals surface area contributed by atoms with Crippen LogP contribution in [-0.2, 0) is 11.2 Å². The Bertz CT molecular complexity index is 418. The lowest BCUT2D eigenvalue weighted by molar-refractivity contribution is -0.123. The van der Waals surface area contributed by atoms with Gasteiger partial charge in [0.15, 0.2) is 5.84 Å². The van der Waals surface area contributed by atoms with E-state index in [1.807, 2.05) is 31.4 Å². The van der Waals surface area contributed by atoms with Crippen molar-refractivity contribution in [3.8, 4) is 0 Å². The van der Waals surface area contributed by atoms with Crippen LogP contribution in [0.3, 0.4) is 0 Å². The molecule has 4 N–H and O–H groups in total. The van der Waals surface area contributed by atoms with Crippen molar-refractivity contribution in [2.75, 3.05) is 0 Å². The molecule has 0 spiro atoms. The molecule has 6 heteroatoms. The summed E-state index contributed by atoms with van der Waals surface area (Å²) in [7, 11) is 0. The number of nitrogens with zero attached hydrogens (tertiary/aromatic N) is 1. The van der Waals surface area contributed by atoms with Crippen LogP contribution in [0.15, 0.2) is 22.7 Å². The highest BCUT2D eigenvalue weighted by atomic mass is 32.1. The van der Waals surface area contributed by atoms with E-state index in [0.717, 1.165) is 12.8 Å². The van der Waals surface area contributed by atoms with E-state index in [9.17, 15) is 4.79 Å². The molecule has 2 atom stereocenters. The predicted molar refractivity (Wildman–Crippen MR) is 77.4 cm³/mol. The van der Waals surface area contributed by atoms with Crippen LogP contribution in [0.1, 0.15) is 31.6 Å². The molecule has 0 fully saturated rings. The Morgan fingerprint density at radius 1 is 1.63 bits per heavy atom. The first-order valence-electron chi connectivity index (χ1n) is 6.38. The summed E-state index contributed by atoms with van der Waals surface area (Å²) in [5.74, 6) is -0.760. The molecule has 1 aromatic heterocycles. The fourth-order valence-electron chi connectivity index (χ4n) is 1.90. The van der Waals surface area contributed by atoms with Gasteiger partial charge >= 0.3 is 0 Å². The first-order valence-corrected chi connectivity index (χ1v) is 7.26. The summed E-state index contributed by atoms with van der Waals surface area (Å²) in [5, 5.41) is 16.6. The molecule has 0 bridgehead atoms. The van der Waals surface area contributed by atoms with E-state index >= 15 is 0 Å². The number of nitrogens with one attached hydrogen (secondary N) is 1. The Labute approximate surface area is 117 Å². The maximum Gasteiger partial charge on any atom is 0.231 e. The van der Waals surface area contributed by atoms with Crippen LogP contribution in [0.25, 0.3) is 0 Å². The summed E-state index contributed by atoms with van der Waals surface area (Å²) in [4.78, 5) is 13.3. The quantitative estimate of drug-likeness (QED) is 0.309. The molecule has 0 aliphatic rings. The molecule has 0 aliphatic carbocycles. The van der Waals surface area contributed by atoms with Crippen molar-refractivity contribution in [2.45, 2.75) is 39.2 Å². The van der Waals surface area contributed by atoms with Crippen molar-refractivity contribution in [1.29, 1.82) is 0 Å². The molecule has 19 heavy (non-hydrogen) atoms. The molecule has 0 aromatic carbocycles. The molecule has 1 aromatic rings. The van der Waals surface area contributed by atoms with Crippen LogP contribution in [0, 0.1) is 5.92 Å². The van der Waals surface area contributed by atoms with Gasteiger partial charge in [0.2, 0.25) is 5.91 Å². The summed E-state index contributed by atoms with van der Waals surface area (Å²) in [5.41, 5.74) is 5.56. The van der Waals surface area contributed by atoms with Crippen LogP contribution < -0.4 is 11.1 Å². The van der Waals surface area contributed by atoms with E-state index in [1.54, 1.807) is 11.3 Å². The van der Waals surface area contributed by atoms with E-state index in [-0.39, 0.29) is 17.8 Å². The first-order chi connectivity index (χ1) is 9.08. The van der Waals surface area contributed by atoms with Crippen LogP contribution in [0.5, 0.6) is 0 Å². The molecule has 1 amide bonds. The number of amides is 1. The summed E-state index contributed by atoms with van der Waals surface area (Å²) < 4.78 is 0. The van der Waals surface area contributed by atoms with Gasteiger partial charge in [-0.15, -0.1) is 11.3 Å². The Balaban J connectivity index is 2.55. The molecule has 1 heterocycles. The monoisotopic (exact) mass is 283 g/mol. The second kappa shape index (κ2) is 7.78. The van der Waals surface area contributed by atoms with E-state index < -0.39 is 5.92 Å². The Kier molecular flexibility index (Phi) is 6.35. The molecule has 0 saturated carbocycles. The molecule has 0 radical (unpaired) electrons. The van der Waals surface area contributed by atoms with Gasteiger partial charge in [0.1, 0.15) is 0 Å². The van der Waals surface area contributed by atoms with Gasteiger partial charge < -0.3 is 16.3 Å². The molecule has 1 rings (SSSR count). The standard InChI is InChI=1S/C13H21N3O2S/c1-3-5-11(12(14)16-18)13(17)15-9(2)8-10-6-4-7-19-10/h4,6-7,9,11,18H,3,5,8H2,1-2H3,(H2,14,16)(H,15,17). The van der Waals surface area contributed by atoms with Gasteiger partial charge in [0, 0.05) is 17.3 Å². The Hall–Kier alpha value is -1.56. The van der Waals surface area contributed by atoms with Crippen molar-refractivity contribution in [3.63, 3.8) is 0 Å². The molecule has 5 nitrogen and oxygen atoms in total. The van der Waals surface area contributed by atoms with E-state index in [0.29, 0.717) is 6.42 Å². The van der Waals surface area contributed by atoms with Crippen LogP contribution in [0.4, 0.5) is 0 Å². The highest BCUT2D eigenvalue weighted by molar-refractivity contribution is 7.09. The van der Waals surface area contributed by atoms with Gasteiger partial charge in [-0.3, -0.25) is 4.79 Å². The topological polar surface area (TPSA) is 87.7 Å². The average Bonchev–Trinajstić information content (AvgIpc) is 2.87. The smallest absolute Gasteiger partial charge is 0.231 e. The lowest BCUT2D eigenvalue weighted by Gasteiger charge is -2.18. The fraction of sp³-hybridized carbons (Fsp3) is 0.538. The number of carbonyl (C=O) groups excluding carboxylic acids is 1. The average molecular weight is 283 g/mol. The van der Waals surface area contributed by atoms with E-state index in [4.69, 9.17) is 10.9 Å². The maximum absolute atomic E-state index is 12.1. The van der Waals surface area contributed by atoms with Gasteiger partial charge in [-0.25, -0.2) is 0 Å². The number of oxime groups is 1. The van der Waals surface area contributed by atoms with Crippen LogP contribution in [-0.4, -0.2) is 23.0 Å². The fourth-order valence-corrected chi connectivity index (χ4v) is 2.73. The zero-order valence-electron chi connectivity index (χ0n) is 11.3. The number of thiophene rings is 1. The first kappa shape index (κ1) is 15.5. The number of rotatable bonds is 7. The van der Waals surface area contributed by atoms with Crippen molar-refractivity contribution >= 4 is 23.1 Å². The van der Waals surface area contributed by atoms with Crippen LogP contribution >= 0.6 is 11.3 Å². The zero-order valence-corrected chi connectivity index (χ0v) is 12.1. The maximum atomic E-state index is 12.1. The minimum absolute atomic E-state index is 0.0250. The second-order valence-corrected chi connectivity index (χ2v) is 5.59. The molecule has 0 saturated heterocycles. The number of hydrogen-bond acceptors (Lipinski definition) is 4. The van der Waals surface area contributed by atoms with Gasteiger partial charge in [0.05, 0.1) is 5.92 Å². The lowest BCUT2D eigenvalue weighted by Crippen LogP contribution is -2.43. The number of amidine groups is 1. The summed E-state index contributed by atoms with van der Waals surface area (Å²) >= 11 is 1.67. The van der Waals surface area contributed by atoms with Crippen LogP contribution in [0.2, 0.25) is 0 Å². The summed E-state index contributed by atoms with van der Waals surface area (Å²) in [6.45, 7) is 3.91. The molecule has 2 unspecified atom stereocenters. The molecule has 0 aliphatic heterocycles. The minimum Gasteiger partial charge on any atom is -0.409 e. The van der Waals surface area contributed by atoms with E-state index in [2.05, 4.69) is 10.5 Å². The third-order valence-electron chi connectivity index (χ3n) is 2.84. The normalized spacial score (nSPS) is 14.9. The highest BCUT2D eigenvalue weighted by Crippen LogP contribution is 2.12. The van der Waals surface area contributed by atoms with Gasteiger partial charge in [-0.1, -0.05) is 24.6 Å². The van der Waals surface area contributed by atoms with Gasteiger partial charge in [-0.2, -0.15) is 0 Å². The number of carbonyl (C=O) groups is 1. The third-order valence-corrected chi connectivity index (χ3v) is 3.74. The Morgan fingerprint density at radius 3 is 2.89 bits per heavy atom. The molecular weight excluding hydrogens is 262 g/mol. The zero-order chi connectivity index (χ0) is 14.3. The highest BCUT2D eigenvalue weighted by Gasteiger charge is 2.23. The van der Waals surface area contributed by atoms with Crippen molar-refractivity contribution in [2.24, 2.45) is 16.8 Å². The summed E-state index contributed by atoms with van der Waals surface area (Å²) in [6, 6.07) is 4.06. The van der Waals surface area contributed by atoms with Crippen molar-refractivity contribution < 1.29 is 10.0 Å². The number of hydrogen-bond donors (Lipinski definition) is 3. The van der Waals surface area contributed by atoms with Gasteiger partial charge in [-0.05, 0) is 24.8 Å². The SMILES string of the molecule is CCCC(C(=O)NC(C)Cc1cccs1)C(N)=NO. The number of nitrogens with two attached hydrogens (primary N) is 1. The molecular formula is C13H21N3O2S. The minimum atomic E-state index is -0.555. The second-order valence-electron chi connectivity index (χ2n) is 4.56. The van der Waals surface area contributed by atoms with Gasteiger partial charge in [0.25, 0.3) is 0 Å². The van der Waals surface area contributed by atoms with Crippen molar-refractivity contribution in [3.05, 3.63) is 22.4 Å². The lowest BCUT2D eigenvalue weighted by atomic mass is 10.0. The molecule has 106 valence electrons. The largest absolute Gasteiger partial charge is 0.409 e. The predicted octanol–water partition coefficient (Wildman–Crippen LogP) is 1.96. The van der Waals surface area contributed by atoms with E-state index in [1.165, 1.54) is 4.88 Å².